The van der Waals surface area contributed by atoms with Crippen LogP contribution < -0.4 is 0 Å². The molecule has 0 radical (unpaired) electrons. The number of ether oxygens (including phenoxy) is 4. The van der Waals surface area contributed by atoms with Crippen LogP contribution >= 0.6 is 0 Å². The second kappa shape index (κ2) is 53.4. The van der Waals surface area contributed by atoms with E-state index in [0.29, 0.717) is 13.0 Å². The normalized spacial score (nSPS) is 18.9. The Balaban J connectivity index is 2.27. The van der Waals surface area contributed by atoms with E-state index in [1.807, 2.05) is 0 Å². The monoisotopic (exact) mass is 1090 g/mol. The Morgan fingerprint density at radius 2 is 0.868 bits per heavy atom. The summed E-state index contributed by atoms with van der Waals surface area (Å²) in [5, 5.41) is 30.9. The Hall–Kier alpha value is -2.20. The van der Waals surface area contributed by atoms with Crippen molar-refractivity contribution in [2.75, 3.05) is 26.4 Å². The van der Waals surface area contributed by atoms with Crippen molar-refractivity contribution in [3.8, 4) is 0 Å². The van der Waals surface area contributed by atoms with Gasteiger partial charge in [0.2, 0.25) is 0 Å². The summed E-state index contributed by atoms with van der Waals surface area (Å²) in [6.07, 6.45) is 61.2. The summed E-state index contributed by atoms with van der Waals surface area (Å²) in [5.41, 5.74) is 0. The lowest BCUT2D eigenvalue weighted by molar-refractivity contribution is -0.301. The quantitative estimate of drug-likeness (QED) is 0.0196. The molecular formula is C63H114O12S. The Bertz CT molecular complexity index is 1550. The zero-order valence-electron chi connectivity index (χ0n) is 48.3. The van der Waals surface area contributed by atoms with Gasteiger partial charge in [0.15, 0.2) is 6.29 Å². The van der Waals surface area contributed by atoms with Crippen LogP contribution in [0.2, 0.25) is 0 Å². The zero-order valence-corrected chi connectivity index (χ0v) is 49.1. The highest BCUT2D eigenvalue weighted by atomic mass is 32.3. The van der Waals surface area contributed by atoms with Crippen molar-refractivity contribution in [2.24, 2.45) is 0 Å². The van der Waals surface area contributed by atoms with Crippen molar-refractivity contribution < 1.29 is 56.2 Å². The first-order valence-electron chi connectivity index (χ1n) is 31.0. The summed E-state index contributed by atoms with van der Waals surface area (Å²) in [5.74, 6) is -0.404. The number of hydrogen-bond donors (Lipinski definition) is 4. The molecule has 444 valence electrons. The largest absolute Gasteiger partial charge is 0.457 e. The molecular weight excluding hydrogens is 981 g/mol. The second-order valence-electron chi connectivity index (χ2n) is 21.3. The van der Waals surface area contributed by atoms with Crippen molar-refractivity contribution in [3.05, 3.63) is 60.8 Å². The summed E-state index contributed by atoms with van der Waals surface area (Å²) in [6.45, 7) is 4.00. The molecule has 13 heteroatoms. The standard InChI is InChI=1S/C63H114O12S/c1-3-5-7-9-11-13-15-17-19-21-23-25-27-28-29-31-33-35-37-39-41-43-45-47-49-51-53-71-55-57(56-72-63-61(67)62(75-76(68,69)70)60(66)58(54-64)74-63)73-59(65)52-50-48-46-44-42-40-38-36-34-32-30-26-24-22-20-18-16-14-12-10-8-6-4-2/h15-18,21-24,30,32,57-58,60-64,66-67H,3-14,19-20,25-29,31,33-56H2,1-2H3,(H,68,69,70)/b17-15-,18-16-,23-21-,24-22-,32-30-. The lowest BCUT2D eigenvalue weighted by Gasteiger charge is -2.41. The third-order valence-electron chi connectivity index (χ3n) is 14.1. The Labute approximate surface area is 465 Å². The first-order chi connectivity index (χ1) is 37.1. The molecule has 0 aliphatic carbocycles. The number of rotatable bonds is 55. The number of allylic oxidation sites excluding steroid dienone is 10. The first-order valence-corrected chi connectivity index (χ1v) is 32.4. The summed E-state index contributed by atoms with van der Waals surface area (Å²) >= 11 is 0. The van der Waals surface area contributed by atoms with Gasteiger partial charge >= 0.3 is 16.4 Å². The van der Waals surface area contributed by atoms with Gasteiger partial charge < -0.3 is 34.3 Å². The first kappa shape index (κ1) is 71.8. The molecule has 76 heavy (non-hydrogen) atoms. The van der Waals surface area contributed by atoms with Gasteiger partial charge in [-0.05, 0) is 83.5 Å². The fourth-order valence-corrected chi connectivity index (χ4v) is 9.93. The average molecular weight is 1100 g/mol. The number of unbranched alkanes of at least 4 members (excludes halogenated alkanes) is 32. The predicted octanol–water partition coefficient (Wildman–Crippen LogP) is 16.0. The second-order valence-corrected chi connectivity index (χ2v) is 22.3. The molecule has 0 aromatic rings. The number of carbonyl (C=O) groups excluding carboxylic acids is 1. The van der Waals surface area contributed by atoms with Crippen molar-refractivity contribution >= 4 is 16.4 Å². The van der Waals surface area contributed by atoms with Gasteiger partial charge in [0.05, 0.1) is 19.8 Å². The summed E-state index contributed by atoms with van der Waals surface area (Å²) in [6, 6.07) is 0. The van der Waals surface area contributed by atoms with E-state index >= 15 is 0 Å². The third-order valence-corrected chi connectivity index (χ3v) is 14.6. The molecule has 0 amide bonds. The molecule has 0 aromatic carbocycles. The van der Waals surface area contributed by atoms with Gasteiger partial charge in [0, 0.05) is 13.0 Å². The molecule has 1 rings (SSSR count). The maximum atomic E-state index is 13.0. The molecule has 0 bridgehead atoms. The van der Waals surface area contributed by atoms with Gasteiger partial charge in [-0.25, -0.2) is 4.18 Å². The van der Waals surface area contributed by atoms with Gasteiger partial charge in [-0.2, -0.15) is 8.42 Å². The fraction of sp³-hybridized carbons (Fsp3) is 0.825. The number of aliphatic hydroxyl groups is 3. The molecule has 12 nitrogen and oxygen atoms in total. The summed E-state index contributed by atoms with van der Waals surface area (Å²) in [7, 11) is -5.07. The van der Waals surface area contributed by atoms with E-state index in [2.05, 4.69) is 78.8 Å². The van der Waals surface area contributed by atoms with Crippen LogP contribution in [0.15, 0.2) is 60.8 Å². The number of hydrogen-bond acceptors (Lipinski definition) is 11. The third kappa shape index (κ3) is 45.6. The van der Waals surface area contributed by atoms with E-state index in [1.165, 1.54) is 180 Å². The highest BCUT2D eigenvalue weighted by molar-refractivity contribution is 7.80. The maximum absolute atomic E-state index is 13.0. The van der Waals surface area contributed by atoms with E-state index in [-0.39, 0.29) is 19.6 Å². The predicted molar refractivity (Wildman–Crippen MR) is 313 cm³/mol. The molecule has 4 N–H and O–H groups in total. The van der Waals surface area contributed by atoms with Crippen LogP contribution in [0, 0.1) is 0 Å². The van der Waals surface area contributed by atoms with Gasteiger partial charge in [-0.1, -0.05) is 242 Å². The Morgan fingerprint density at radius 3 is 1.26 bits per heavy atom. The minimum atomic E-state index is -5.07. The van der Waals surface area contributed by atoms with Crippen LogP contribution in [0.25, 0.3) is 0 Å². The van der Waals surface area contributed by atoms with E-state index in [0.717, 1.165) is 64.2 Å². The molecule has 1 saturated heterocycles. The molecule has 0 aromatic heterocycles. The molecule has 0 saturated carbocycles. The van der Waals surface area contributed by atoms with E-state index < -0.39 is 59.8 Å². The SMILES string of the molecule is CCCCCCC/C=C\C/C=C\C/C=C\CCCCCCCCCCC(=O)OC(COCCCCCCCCCCCCCCCC/C=C\C/C=C\CCCCCCC)COC1OC(CO)C(O)C(OS(=O)(=O)O)C1O. The summed E-state index contributed by atoms with van der Waals surface area (Å²) in [4.78, 5) is 13.0. The Kier molecular flexibility index (Phi) is 50.5. The topological polar surface area (TPSA) is 178 Å². The highest BCUT2D eigenvalue weighted by Crippen LogP contribution is 2.26. The molecule has 6 unspecified atom stereocenters. The van der Waals surface area contributed by atoms with Crippen molar-refractivity contribution in [1.29, 1.82) is 0 Å². The molecule has 1 aliphatic heterocycles. The average Bonchev–Trinajstić information content (AvgIpc) is 3.40. The van der Waals surface area contributed by atoms with Gasteiger partial charge in [-0.15, -0.1) is 0 Å². The number of esters is 1. The van der Waals surface area contributed by atoms with Crippen LogP contribution in [0.4, 0.5) is 0 Å². The van der Waals surface area contributed by atoms with Crippen LogP contribution in [0.5, 0.6) is 0 Å². The zero-order chi connectivity index (χ0) is 55.3. The van der Waals surface area contributed by atoms with Crippen LogP contribution in [-0.4, -0.2) is 97.5 Å². The molecule has 0 spiro atoms. The van der Waals surface area contributed by atoms with E-state index in [4.69, 9.17) is 18.9 Å². The lowest BCUT2D eigenvalue weighted by atomic mass is 9.99. The van der Waals surface area contributed by atoms with Crippen LogP contribution in [0.3, 0.4) is 0 Å². The van der Waals surface area contributed by atoms with Crippen molar-refractivity contribution in [1.82, 2.24) is 0 Å². The smallest absolute Gasteiger partial charge is 0.397 e. The lowest BCUT2D eigenvalue weighted by Crippen LogP contribution is -2.60. The van der Waals surface area contributed by atoms with Gasteiger partial charge in [0.1, 0.15) is 30.5 Å². The summed E-state index contributed by atoms with van der Waals surface area (Å²) < 4.78 is 59.5. The molecule has 1 aliphatic rings. The fourth-order valence-electron chi connectivity index (χ4n) is 9.42. The number of aliphatic hydroxyl groups excluding tert-OH is 3. The molecule has 6 atom stereocenters. The molecule has 1 heterocycles. The van der Waals surface area contributed by atoms with Crippen molar-refractivity contribution in [3.63, 3.8) is 0 Å². The number of carbonyl (C=O) groups is 1. The van der Waals surface area contributed by atoms with Gasteiger partial charge in [0.25, 0.3) is 0 Å². The van der Waals surface area contributed by atoms with Crippen LogP contribution in [-0.2, 0) is 38.3 Å². The van der Waals surface area contributed by atoms with Crippen LogP contribution in [0.1, 0.15) is 271 Å². The minimum Gasteiger partial charge on any atom is -0.457 e. The van der Waals surface area contributed by atoms with Gasteiger partial charge in [-0.3, -0.25) is 9.35 Å². The van der Waals surface area contributed by atoms with E-state index in [1.54, 1.807) is 0 Å². The van der Waals surface area contributed by atoms with E-state index in [9.17, 15) is 33.1 Å². The maximum Gasteiger partial charge on any atom is 0.397 e. The minimum absolute atomic E-state index is 0.0321. The Morgan fingerprint density at radius 1 is 0.500 bits per heavy atom. The van der Waals surface area contributed by atoms with Crippen molar-refractivity contribution in [2.45, 2.75) is 307 Å². The highest BCUT2D eigenvalue weighted by Gasteiger charge is 2.48. The molecule has 1 fully saturated rings.